The van der Waals surface area contributed by atoms with Crippen molar-refractivity contribution in [2.24, 2.45) is 4.99 Å². The summed E-state index contributed by atoms with van der Waals surface area (Å²) in [6.45, 7) is 8.15. The van der Waals surface area contributed by atoms with Gasteiger partial charge in [0.25, 0.3) is 5.91 Å². The van der Waals surface area contributed by atoms with E-state index >= 15 is 0 Å². The third-order valence-electron chi connectivity index (χ3n) is 3.77. The fraction of sp³-hybridized carbons (Fsp3) is 0.500. The maximum atomic E-state index is 11.6. The summed E-state index contributed by atoms with van der Waals surface area (Å²) in [5.74, 6) is 1.49. The van der Waals surface area contributed by atoms with E-state index in [0.717, 1.165) is 37.5 Å². The molecule has 6 heteroatoms. The molecule has 0 aliphatic carbocycles. The monoisotopic (exact) mass is 360 g/mol. The number of nitrogens with one attached hydrogen (secondary N) is 1. The number of carbonyl (C=O) groups is 1. The van der Waals surface area contributed by atoms with Crippen LogP contribution in [0.1, 0.15) is 25.3 Å². The van der Waals surface area contributed by atoms with Crippen molar-refractivity contribution >= 4 is 11.9 Å². The Hall–Kier alpha value is -2.50. The lowest BCUT2D eigenvalue weighted by Gasteiger charge is -2.21. The lowest BCUT2D eigenvalue weighted by Crippen LogP contribution is -2.39. The molecule has 0 aliphatic heterocycles. The number of carbonyl (C=O) groups excluding carboxylic acids is 1. The zero-order chi connectivity index (χ0) is 19.4. The van der Waals surface area contributed by atoms with Crippen molar-refractivity contribution in [2.45, 2.75) is 26.3 Å². The van der Waals surface area contributed by atoms with Gasteiger partial charge in [-0.15, -0.1) is 6.58 Å². The molecule has 0 atom stereocenters. The van der Waals surface area contributed by atoms with Crippen LogP contribution in [-0.4, -0.2) is 62.5 Å². The second-order valence-electron chi connectivity index (χ2n) is 6.25. The Bertz CT molecular complexity index is 599. The summed E-state index contributed by atoms with van der Waals surface area (Å²) in [7, 11) is 5.46. The number of ether oxygens (including phenoxy) is 1. The quantitative estimate of drug-likeness (QED) is 0.301. The van der Waals surface area contributed by atoms with Crippen LogP contribution in [-0.2, 0) is 11.3 Å². The van der Waals surface area contributed by atoms with E-state index in [4.69, 9.17) is 9.73 Å². The van der Waals surface area contributed by atoms with Gasteiger partial charge >= 0.3 is 0 Å². The van der Waals surface area contributed by atoms with Crippen LogP contribution in [0.3, 0.4) is 0 Å². The highest BCUT2D eigenvalue weighted by atomic mass is 16.5. The van der Waals surface area contributed by atoms with Crippen LogP contribution in [0, 0.1) is 0 Å². The van der Waals surface area contributed by atoms with E-state index in [1.165, 1.54) is 4.90 Å². The average molecular weight is 361 g/mol. The van der Waals surface area contributed by atoms with Gasteiger partial charge in [0.05, 0.1) is 6.54 Å². The number of likely N-dealkylation sites (N-methyl/N-ethyl adjacent to an activating group) is 1. The summed E-state index contributed by atoms with van der Waals surface area (Å²) < 4.78 is 5.56. The first-order valence-corrected chi connectivity index (χ1v) is 9.00. The van der Waals surface area contributed by atoms with Crippen molar-refractivity contribution in [2.75, 3.05) is 40.8 Å². The SMILES string of the molecule is C=CCCCN(C)C(=NCc1cccc(OCC(=O)N(C)C)c1)NCC. The highest BCUT2D eigenvalue weighted by Crippen LogP contribution is 2.14. The average Bonchev–Trinajstić information content (AvgIpc) is 2.63. The molecule has 1 N–H and O–H groups in total. The van der Waals surface area contributed by atoms with Gasteiger partial charge in [-0.05, 0) is 37.5 Å². The van der Waals surface area contributed by atoms with Gasteiger partial charge in [0.15, 0.2) is 12.6 Å². The van der Waals surface area contributed by atoms with Crippen LogP contribution in [0.2, 0.25) is 0 Å². The first kappa shape index (κ1) is 21.5. The van der Waals surface area contributed by atoms with Crippen molar-refractivity contribution < 1.29 is 9.53 Å². The normalized spacial score (nSPS) is 11.0. The van der Waals surface area contributed by atoms with Crippen LogP contribution >= 0.6 is 0 Å². The molecule has 0 spiro atoms. The number of allylic oxidation sites excluding steroid dienone is 1. The Morgan fingerprint density at radius 1 is 1.35 bits per heavy atom. The molecule has 144 valence electrons. The largest absolute Gasteiger partial charge is 0.484 e. The number of amides is 1. The molecule has 0 aliphatic rings. The van der Waals surface area contributed by atoms with E-state index in [1.54, 1.807) is 14.1 Å². The summed E-state index contributed by atoms with van der Waals surface area (Å²) in [5.41, 5.74) is 1.04. The molecule has 1 aromatic rings. The molecule has 0 fully saturated rings. The van der Waals surface area contributed by atoms with Crippen molar-refractivity contribution in [3.8, 4) is 5.75 Å². The van der Waals surface area contributed by atoms with Crippen molar-refractivity contribution in [3.63, 3.8) is 0 Å². The Kier molecular flexibility index (Phi) is 9.90. The van der Waals surface area contributed by atoms with Gasteiger partial charge in [0.1, 0.15) is 5.75 Å². The standard InChI is InChI=1S/C20H32N4O2/c1-6-8-9-13-24(5)20(21-7-2)22-15-17-11-10-12-18(14-17)26-16-19(25)23(3)4/h6,10-12,14H,1,7-9,13,15-16H2,2-5H3,(H,21,22). The van der Waals surface area contributed by atoms with Gasteiger partial charge < -0.3 is 19.9 Å². The van der Waals surface area contributed by atoms with Gasteiger partial charge in [-0.2, -0.15) is 0 Å². The number of aliphatic imine (C=N–C) groups is 1. The molecular formula is C20H32N4O2. The summed E-state index contributed by atoms with van der Waals surface area (Å²) in [6, 6.07) is 7.70. The minimum absolute atomic E-state index is 0.0361. The van der Waals surface area contributed by atoms with E-state index in [-0.39, 0.29) is 12.5 Å². The molecular weight excluding hydrogens is 328 g/mol. The third-order valence-corrected chi connectivity index (χ3v) is 3.77. The first-order valence-electron chi connectivity index (χ1n) is 9.00. The zero-order valence-corrected chi connectivity index (χ0v) is 16.5. The number of unbranched alkanes of at least 4 members (excludes halogenated alkanes) is 1. The Balaban J connectivity index is 2.69. The van der Waals surface area contributed by atoms with Gasteiger partial charge in [-0.1, -0.05) is 18.2 Å². The summed E-state index contributed by atoms with van der Waals surface area (Å²) in [6.07, 6.45) is 3.98. The molecule has 1 aromatic carbocycles. The minimum Gasteiger partial charge on any atom is -0.484 e. The molecule has 0 radical (unpaired) electrons. The van der Waals surface area contributed by atoms with E-state index in [0.29, 0.717) is 12.3 Å². The van der Waals surface area contributed by atoms with Gasteiger partial charge in [-0.3, -0.25) is 4.79 Å². The molecule has 0 saturated carbocycles. The number of hydrogen-bond acceptors (Lipinski definition) is 3. The van der Waals surface area contributed by atoms with Gasteiger partial charge in [0, 0.05) is 34.2 Å². The van der Waals surface area contributed by atoms with E-state index in [1.807, 2.05) is 37.4 Å². The molecule has 0 heterocycles. The van der Waals surface area contributed by atoms with Crippen molar-refractivity contribution in [1.82, 2.24) is 15.1 Å². The van der Waals surface area contributed by atoms with E-state index in [2.05, 4.69) is 23.7 Å². The maximum absolute atomic E-state index is 11.6. The summed E-state index contributed by atoms with van der Waals surface area (Å²) in [5, 5.41) is 3.32. The maximum Gasteiger partial charge on any atom is 0.259 e. The zero-order valence-electron chi connectivity index (χ0n) is 16.5. The van der Waals surface area contributed by atoms with Crippen LogP contribution in [0.5, 0.6) is 5.75 Å². The lowest BCUT2D eigenvalue weighted by molar-refractivity contribution is -0.130. The predicted molar refractivity (Wildman–Crippen MR) is 108 cm³/mol. The highest BCUT2D eigenvalue weighted by Gasteiger charge is 2.07. The minimum atomic E-state index is -0.0657. The first-order chi connectivity index (χ1) is 12.5. The second kappa shape index (κ2) is 12.0. The lowest BCUT2D eigenvalue weighted by atomic mass is 10.2. The molecule has 0 unspecified atom stereocenters. The number of benzene rings is 1. The Labute approximate surface area is 157 Å². The Morgan fingerprint density at radius 2 is 2.12 bits per heavy atom. The Morgan fingerprint density at radius 3 is 2.77 bits per heavy atom. The molecule has 0 saturated heterocycles. The van der Waals surface area contributed by atoms with Crippen LogP contribution in [0.25, 0.3) is 0 Å². The van der Waals surface area contributed by atoms with Crippen LogP contribution in [0.15, 0.2) is 41.9 Å². The van der Waals surface area contributed by atoms with Crippen LogP contribution < -0.4 is 10.1 Å². The van der Waals surface area contributed by atoms with Crippen LogP contribution in [0.4, 0.5) is 0 Å². The second-order valence-corrected chi connectivity index (χ2v) is 6.25. The van der Waals surface area contributed by atoms with E-state index in [9.17, 15) is 4.79 Å². The number of rotatable bonds is 10. The van der Waals surface area contributed by atoms with Gasteiger partial charge in [-0.25, -0.2) is 4.99 Å². The molecule has 26 heavy (non-hydrogen) atoms. The number of nitrogens with zero attached hydrogens (tertiary/aromatic N) is 3. The fourth-order valence-corrected chi connectivity index (χ4v) is 2.22. The molecule has 1 amide bonds. The molecule has 0 aromatic heterocycles. The van der Waals surface area contributed by atoms with E-state index < -0.39 is 0 Å². The van der Waals surface area contributed by atoms with Crippen molar-refractivity contribution in [1.29, 1.82) is 0 Å². The highest BCUT2D eigenvalue weighted by molar-refractivity contribution is 5.79. The molecule has 1 rings (SSSR count). The third kappa shape index (κ3) is 8.05. The topological polar surface area (TPSA) is 57.2 Å². The summed E-state index contributed by atoms with van der Waals surface area (Å²) in [4.78, 5) is 20.0. The predicted octanol–water partition coefficient (Wildman–Crippen LogP) is 2.52. The fourth-order valence-electron chi connectivity index (χ4n) is 2.22. The smallest absolute Gasteiger partial charge is 0.259 e. The number of guanidine groups is 1. The molecule has 6 nitrogen and oxygen atoms in total. The summed E-state index contributed by atoms with van der Waals surface area (Å²) >= 11 is 0. The van der Waals surface area contributed by atoms with Gasteiger partial charge in [0.2, 0.25) is 0 Å². The van der Waals surface area contributed by atoms with Crippen molar-refractivity contribution in [3.05, 3.63) is 42.5 Å². The number of hydrogen-bond donors (Lipinski definition) is 1. The molecule has 0 bridgehead atoms.